The van der Waals surface area contributed by atoms with Crippen LogP contribution in [-0.4, -0.2) is 40.4 Å². The molecule has 0 atom stereocenters. The van der Waals surface area contributed by atoms with E-state index in [0.717, 1.165) is 17.1 Å². The van der Waals surface area contributed by atoms with Crippen molar-refractivity contribution in [1.82, 2.24) is 5.32 Å². The number of amides is 2. The molecule has 4 rings (SSSR count). The van der Waals surface area contributed by atoms with E-state index in [-0.39, 0.29) is 22.4 Å². The number of carbonyl (C=O) groups excluding carboxylic acids is 2. The monoisotopic (exact) mass is 479 g/mol. The summed E-state index contributed by atoms with van der Waals surface area (Å²) in [6, 6.07) is 19.4. The van der Waals surface area contributed by atoms with Crippen molar-refractivity contribution in [2.24, 2.45) is 0 Å². The van der Waals surface area contributed by atoms with E-state index in [9.17, 15) is 18.0 Å². The summed E-state index contributed by atoms with van der Waals surface area (Å²) in [6.45, 7) is 0. The van der Waals surface area contributed by atoms with Crippen LogP contribution in [0, 0.1) is 0 Å². The molecule has 176 valence electrons. The van der Waals surface area contributed by atoms with Crippen LogP contribution in [0.15, 0.2) is 77.7 Å². The minimum atomic E-state index is -3.88. The van der Waals surface area contributed by atoms with Crippen molar-refractivity contribution < 1.29 is 22.7 Å². The Hall–Kier alpha value is -3.85. The lowest BCUT2D eigenvalue weighted by Crippen LogP contribution is -2.27. The molecule has 2 amide bonds. The molecule has 0 bridgehead atoms. The first-order valence-electron chi connectivity index (χ1n) is 10.7. The first kappa shape index (κ1) is 23.3. The number of hydrogen-bond donors (Lipinski definition) is 2. The standard InChI is InChI=1S/C25H25N3O5S/c1-28(22-9-5-6-10-23(22)33-2)34(31,32)19-15-11-17(12-16-19)24(29)27-21-8-4-3-7-20(21)25(30)26-18-13-14-18/h3-12,15-16,18H,13-14H2,1-2H3,(H,26,30)(H,27,29). The number of para-hydroxylation sites is 3. The zero-order valence-corrected chi connectivity index (χ0v) is 19.6. The molecule has 1 aliphatic rings. The van der Waals surface area contributed by atoms with Gasteiger partial charge in [0.15, 0.2) is 0 Å². The minimum Gasteiger partial charge on any atom is -0.495 e. The van der Waals surface area contributed by atoms with Crippen LogP contribution in [0.2, 0.25) is 0 Å². The van der Waals surface area contributed by atoms with Crippen LogP contribution in [0.1, 0.15) is 33.6 Å². The summed E-state index contributed by atoms with van der Waals surface area (Å²) in [5.41, 5.74) is 1.42. The maximum atomic E-state index is 13.1. The highest BCUT2D eigenvalue weighted by Crippen LogP contribution is 2.31. The molecule has 1 fully saturated rings. The molecule has 0 spiro atoms. The van der Waals surface area contributed by atoms with Gasteiger partial charge in [-0.3, -0.25) is 13.9 Å². The van der Waals surface area contributed by atoms with E-state index in [0.29, 0.717) is 22.7 Å². The molecule has 0 saturated heterocycles. The second kappa shape index (κ2) is 9.56. The zero-order valence-electron chi connectivity index (χ0n) is 18.8. The number of methoxy groups -OCH3 is 1. The van der Waals surface area contributed by atoms with E-state index in [2.05, 4.69) is 10.6 Å². The molecular weight excluding hydrogens is 454 g/mol. The average molecular weight is 480 g/mol. The maximum absolute atomic E-state index is 13.1. The second-order valence-electron chi connectivity index (χ2n) is 7.92. The number of ether oxygens (including phenoxy) is 1. The van der Waals surface area contributed by atoms with Gasteiger partial charge in [0, 0.05) is 18.7 Å². The first-order valence-corrected chi connectivity index (χ1v) is 12.2. The van der Waals surface area contributed by atoms with Crippen molar-refractivity contribution in [3.63, 3.8) is 0 Å². The summed E-state index contributed by atoms with van der Waals surface area (Å²) in [5.74, 6) is -0.262. The van der Waals surface area contributed by atoms with Gasteiger partial charge in [0.25, 0.3) is 21.8 Å². The third kappa shape index (κ3) is 4.89. The number of nitrogens with zero attached hydrogens (tertiary/aromatic N) is 1. The van der Waals surface area contributed by atoms with Crippen LogP contribution in [0.25, 0.3) is 0 Å². The van der Waals surface area contributed by atoms with Crippen molar-refractivity contribution in [2.45, 2.75) is 23.8 Å². The lowest BCUT2D eigenvalue weighted by Gasteiger charge is -2.21. The van der Waals surface area contributed by atoms with E-state index in [4.69, 9.17) is 4.74 Å². The molecule has 0 heterocycles. The summed E-state index contributed by atoms with van der Waals surface area (Å²) in [7, 11) is -0.966. The SMILES string of the molecule is COc1ccccc1N(C)S(=O)(=O)c1ccc(C(=O)Nc2ccccc2C(=O)NC2CC2)cc1. The third-order valence-corrected chi connectivity index (χ3v) is 7.32. The number of carbonyl (C=O) groups is 2. The van der Waals surface area contributed by atoms with Crippen LogP contribution in [0.3, 0.4) is 0 Å². The Bertz CT molecular complexity index is 1320. The van der Waals surface area contributed by atoms with Gasteiger partial charge >= 0.3 is 0 Å². The van der Waals surface area contributed by atoms with Crippen molar-refractivity contribution in [3.05, 3.63) is 83.9 Å². The molecule has 0 aromatic heterocycles. The van der Waals surface area contributed by atoms with Crippen molar-refractivity contribution >= 4 is 33.2 Å². The first-order chi connectivity index (χ1) is 16.3. The highest BCUT2D eigenvalue weighted by Gasteiger charge is 2.26. The molecular formula is C25H25N3O5S. The molecule has 1 aliphatic carbocycles. The van der Waals surface area contributed by atoms with Gasteiger partial charge in [-0.15, -0.1) is 0 Å². The molecule has 1 saturated carbocycles. The van der Waals surface area contributed by atoms with Gasteiger partial charge < -0.3 is 15.4 Å². The van der Waals surface area contributed by atoms with Gasteiger partial charge in [-0.05, 0) is 61.4 Å². The summed E-state index contributed by atoms with van der Waals surface area (Å²) >= 11 is 0. The highest BCUT2D eigenvalue weighted by atomic mass is 32.2. The van der Waals surface area contributed by atoms with E-state index in [1.807, 2.05) is 0 Å². The van der Waals surface area contributed by atoms with Gasteiger partial charge in [-0.2, -0.15) is 0 Å². The molecule has 0 radical (unpaired) electrons. The topological polar surface area (TPSA) is 105 Å². The molecule has 0 unspecified atom stereocenters. The fraction of sp³-hybridized carbons (Fsp3) is 0.200. The van der Waals surface area contributed by atoms with Crippen molar-refractivity contribution in [3.8, 4) is 5.75 Å². The zero-order chi connectivity index (χ0) is 24.3. The maximum Gasteiger partial charge on any atom is 0.264 e. The quantitative estimate of drug-likeness (QED) is 0.513. The van der Waals surface area contributed by atoms with Crippen molar-refractivity contribution in [2.75, 3.05) is 23.8 Å². The number of benzene rings is 3. The summed E-state index contributed by atoms with van der Waals surface area (Å²) in [5, 5.41) is 5.66. The minimum absolute atomic E-state index is 0.0293. The largest absolute Gasteiger partial charge is 0.495 e. The van der Waals surface area contributed by atoms with Gasteiger partial charge in [0.05, 0.1) is 28.9 Å². The lowest BCUT2D eigenvalue weighted by atomic mass is 10.1. The molecule has 8 nitrogen and oxygen atoms in total. The Balaban J connectivity index is 1.52. The van der Waals surface area contributed by atoms with Gasteiger partial charge in [0.2, 0.25) is 0 Å². The Labute approximate surface area is 198 Å². The van der Waals surface area contributed by atoms with E-state index >= 15 is 0 Å². The number of sulfonamides is 1. The van der Waals surface area contributed by atoms with E-state index < -0.39 is 15.9 Å². The molecule has 34 heavy (non-hydrogen) atoms. The fourth-order valence-electron chi connectivity index (χ4n) is 3.43. The van der Waals surface area contributed by atoms with Crippen molar-refractivity contribution in [1.29, 1.82) is 0 Å². The Morgan fingerprint density at radius 2 is 1.56 bits per heavy atom. The summed E-state index contributed by atoms with van der Waals surface area (Å²) in [6.07, 6.45) is 1.92. The van der Waals surface area contributed by atoms with Crippen LogP contribution in [0.4, 0.5) is 11.4 Å². The molecule has 3 aromatic rings. The van der Waals surface area contributed by atoms with Gasteiger partial charge in [-0.1, -0.05) is 24.3 Å². The average Bonchev–Trinajstić information content (AvgIpc) is 3.67. The van der Waals surface area contributed by atoms with Crippen LogP contribution < -0.4 is 19.7 Å². The van der Waals surface area contributed by atoms with E-state index in [1.54, 1.807) is 48.5 Å². The normalized spacial score (nSPS) is 13.1. The molecule has 3 aromatic carbocycles. The van der Waals surface area contributed by atoms with Crippen LogP contribution >= 0.6 is 0 Å². The molecule has 9 heteroatoms. The number of rotatable bonds is 8. The predicted octanol–water partition coefficient (Wildman–Crippen LogP) is 3.66. The summed E-state index contributed by atoms with van der Waals surface area (Å²) < 4.78 is 32.6. The second-order valence-corrected chi connectivity index (χ2v) is 9.89. The number of anilines is 2. The van der Waals surface area contributed by atoms with Crippen LogP contribution in [0.5, 0.6) is 5.75 Å². The number of hydrogen-bond acceptors (Lipinski definition) is 5. The molecule has 0 aliphatic heterocycles. The Morgan fingerprint density at radius 1 is 0.912 bits per heavy atom. The van der Waals surface area contributed by atoms with E-state index in [1.165, 1.54) is 38.4 Å². The fourth-order valence-corrected chi connectivity index (χ4v) is 4.64. The Morgan fingerprint density at radius 3 is 2.24 bits per heavy atom. The highest BCUT2D eigenvalue weighted by molar-refractivity contribution is 7.92. The lowest BCUT2D eigenvalue weighted by molar-refractivity contribution is 0.0952. The smallest absolute Gasteiger partial charge is 0.264 e. The molecule has 2 N–H and O–H groups in total. The number of nitrogens with one attached hydrogen (secondary N) is 2. The predicted molar refractivity (Wildman–Crippen MR) is 130 cm³/mol. The van der Waals surface area contributed by atoms with Gasteiger partial charge in [-0.25, -0.2) is 8.42 Å². The van der Waals surface area contributed by atoms with Crippen LogP contribution in [-0.2, 0) is 10.0 Å². The third-order valence-electron chi connectivity index (χ3n) is 5.53. The summed E-state index contributed by atoms with van der Waals surface area (Å²) in [4.78, 5) is 25.3. The Kier molecular flexibility index (Phi) is 6.56. The van der Waals surface area contributed by atoms with Gasteiger partial charge in [0.1, 0.15) is 5.75 Å².